The molecule has 0 aromatic rings. The van der Waals surface area contributed by atoms with E-state index in [1.165, 1.54) is 4.90 Å². The molecule has 1 aliphatic heterocycles. The predicted octanol–water partition coefficient (Wildman–Crippen LogP) is 1.27. The van der Waals surface area contributed by atoms with Crippen LogP contribution in [0.2, 0.25) is 0 Å². The Bertz CT molecular complexity index is 299. The van der Waals surface area contributed by atoms with Crippen molar-refractivity contribution in [3.8, 4) is 0 Å². The maximum absolute atomic E-state index is 12.1. The number of ether oxygens (including phenoxy) is 1. The van der Waals surface area contributed by atoms with E-state index < -0.39 is 5.91 Å². The molecule has 19 heavy (non-hydrogen) atoms. The molecule has 5 nitrogen and oxygen atoms in total. The normalized spacial score (nSPS) is 17.7. The van der Waals surface area contributed by atoms with Gasteiger partial charge in [0.2, 0.25) is 0 Å². The Morgan fingerprint density at radius 1 is 1.21 bits per heavy atom. The highest BCUT2D eigenvalue weighted by molar-refractivity contribution is 6.34. The van der Waals surface area contributed by atoms with Crippen LogP contribution >= 0.6 is 0 Å². The fourth-order valence-corrected chi connectivity index (χ4v) is 2.38. The molecule has 0 aromatic carbocycles. The third-order valence-electron chi connectivity index (χ3n) is 3.41. The van der Waals surface area contributed by atoms with E-state index in [0.717, 1.165) is 25.7 Å². The Kier molecular flexibility index (Phi) is 6.84. The minimum Gasteiger partial charge on any atom is -0.377 e. The Morgan fingerprint density at radius 2 is 1.79 bits per heavy atom. The Balaban J connectivity index is 2.48. The van der Waals surface area contributed by atoms with Crippen LogP contribution in [0.15, 0.2) is 0 Å². The number of likely N-dealkylation sites (N-methyl/N-ethyl adjacent to an activating group) is 1. The van der Waals surface area contributed by atoms with Crippen LogP contribution in [0.1, 0.15) is 39.5 Å². The van der Waals surface area contributed by atoms with Gasteiger partial charge >= 0.3 is 11.8 Å². The molecule has 110 valence electrons. The number of nitrogens with zero attached hydrogens (tertiary/aromatic N) is 2. The van der Waals surface area contributed by atoms with E-state index in [4.69, 9.17) is 4.74 Å². The second kappa shape index (κ2) is 8.15. The molecular weight excluding hydrogens is 244 g/mol. The lowest BCUT2D eigenvalue weighted by atomic mass is 10.2. The van der Waals surface area contributed by atoms with Crippen LogP contribution in [0.5, 0.6) is 0 Å². The molecule has 0 radical (unpaired) electrons. The maximum Gasteiger partial charge on any atom is 0.312 e. The van der Waals surface area contributed by atoms with E-state index in [9.17, 15) is 9.59 Å². The smallest absolute Gasteiger partial charge is 0.312 e. The number of hydrogen-bond acceptors (Lipinski definition) is 3. The molecule has 0 N–H and O–H groups in total. The summed E-state index contributed by atoms with van der Waals surface area (Å²) in [6.45, 7) is 6.30. The predicted molar refractivity (Wildman–Crippen MR) is 73.8 cm³/mol. The summed E-state index contributed by atoms with van der Waals surface area (Å²) in [4.78, 5) is 27.4. The van der Waals surface area contributed by atoms with Crippen LogP contribution in [-0.4, -0.2) is 61.0 Å². The molecule has 0 bridgehead atoms. The fourth-order valence-electron chi connectivity index (χ4n) is 2.38. The molecule has 1 atom stereocenters. The lowest BCUT2D eigenvalue weighted by Crippen LogP contribution is -2.46. The lowest BCUT2D eigenvalue weighted by molar-refractivity contribution is -0.151. The molecule has 0 spiro atoms. The number of carbonyl (C=O) groups is 2. The molecule has 1 heterocycles. The van der Waals surface area contributed by atoms with Gasteiger partial charge in [-0.15, -0.1) is 0 Å². The lowest BCUT2D eigenvalue weighted by Gasteiger charge is -2.25. The van der Waals surface area contributed by atoms with E-state index in [1.54, 1.807) is 11.9 Å². The summed E-state index contributed by atoms with van der Waals surface area (Å²) in [5.74, 6) is -0.790. The van der Waals surface area contributed by atoms with Crippen LogP contribution in [0, 0.1) is 0 Å². The molecule has 1 fully saturated rings. The van der Waals surface area contributed by atoms with Gasteiger partial charge in [-0.1, -0.05) is 12.8 Å². The molecule has 2 amide bonds. The van der Waals surface area contributed by atoms with Gasteiger partial charge in [-0.05, 0) is 26.7 Å². The summed E-state index contributed by atoms with van der Waals surface area (Å²) >= 11 is 0. The molecule has 1 saturated heterocycles. The quantitative estimate of drug-likeness (QED) is 0.723. The maximum atomic E-state index is 12.1. The first kappa shape index (κ1) is 16.0. The van der Waals surface area contributed by atoms with Crippen molar-refractivity contribution in [1.29, 1.82) is 0 Å². The van der Waals surface area contributed by atoms with Crippen molar-refractivity contribution in [3.63, 3.8) is 0 Å². The zero-order valence-electron chi connectivity index (χ0n) is 12.4. The van der Waals surface area contributed by atoms with Gasteiger partial charge in [0.15, 0.2) is 0 Å². The summed E-state index contributed by atoms with van der Waals surface area (Å²) in [5, 5.41) is 0. The molecule has 0 aromatic heterocycles. The van der Waals surface area contributed by atoms with E-state index in [2.05, 4.69) is 0 Å². The minimum absolute atomic E-state index is 0.0455. The largest absolute Gasteiger partial charge is 0.377 e. The zero-order chi connectivity index (χ0) is 14.3. The topological polar surface area (TPSA) is 49.9 Å². The highest BCUT2D eigenvalue weighted by Crippen LogP contribution is 2.10. The van der Waals surface area contributed by atoms with E-state index in [-0.39, 0.29) is 12.0 Å². The summed E-state index contributed by atoms with van der Waals surface area (Å²) in [7, 11) is 1.66. The van der Waals surface area contributed by atoms with E-state index in [0.29, 0.717) is 26.2 Å². The second-order valence-corrected chi connectivity index (χ2v) is 5.16. The monoisotopic (exact) mass is 270 g/mol. The van der Waals surface area contributed by atoms with Crippen molar-refractivity contribution >= 4 is 11.8 Å². The highest BCUT2D eigenvalue weighted by atomic mass is 16.5. The van der Waals surface area contributed by atoms with Gasteiger partial charge in [-0.2, -0.15) is 0 Å². The van der Waals surface area contributed by atoms with E-state index >= 15 is 0 Å². The first-order valence-electron chi connectivity index (χ1n) is 7.22. The van der Waals surface area contributed by atoms with Gasteiger partial charge in [0.25, 0.3) is 0 Å². The van der Waals surface area contributed by atoms with Crippen LogP contribution in [0.3, 0.4) is 0 Å². The summed E-state index contributed by atoms with van der Waals surface area (Å²) < 4.78 is 5.39. The van der Waals surface area contributed by atoms with Crippen molar-refractivity contribution in [1.82, 2.24) is 9.80 Å². The molecule has 1 aliphatic rings. The van der Waals surface area contributed by atoms with Crippen LogP contribution in [0.4, 0.5) is 0 Å². The number of hydrogen-bond donors (Lipinski definition) is 0. The van der Waals surface area contributed by atoms with Gasteiger partial charge in [-0.3, -0.25) is 9.59 Å². The van der Waals surface area contributed by atoms with Crippen molar-refractivity contribution < 1.29 is 14.3 Å². The summed E-state index contributed by atoms with van der Waals surface area (Å²) in [6, 6.07) is 0. The fraction of sp³-hybridized carbons (Fsp3) is 0.857. The van der Waals surface area contributed by atoms with Gasteiger partial charge in [-0.25, -0.2) is 0 Å². The Hall–Kier alpha value is -1.10. The molecular formula is C14H26N2O3. The Labute approximate surface area is 115 Å². The van der Waals surface area contributed by atoms with Crippen molar-refractivity contribution in [2.45, 2.75) is 45.6 Å². The SMILES string of the molecule is CCOC(C)CN(C)C(=O)C(=O)N1CCCCCC1. The number of amides is 2. The first-order valence-corrected chi connectivity index (χ1v) is 7.22. The van der Waals surface area contributed by atoms with Crippen LogP contribution in [0.25, 0.3) is 0 Å². The average molecular weight is 270 g/mol. The van der Waals surface area contributed by atoms with Gasteiger partial charge in [0.1, 0.15) is 0 Å². The van der Waals surface area contributed by atoms with Gasteiger partial charge in [0.05, 0.1) is 6.10 Å². The van der Waals surface area contributed by atoms with Crippen LogP contribution < -0.4 is 0 Å². The third-order valence-corrected chi connectivity index (χ3v) is 3.41. The van der Waals surface area contributed by atoms with Gasteiger partial charge < -0.3 is 14.5 Å². The average Bonchev–Trinajstić information content (AvgIpc) is 2.66. The number of carbonyl (C=O) groups excluding carboxylic acids is 2. The zero-order valence-corrected chi connectivity index (χ0v) is 12.4. The first-order chi connectivity index (χ1) is 9.06. The molecule has 0 saturated carbocycles. The van der Waals surface area contributed by atoms with Crippen LogP contribution in [-0.2, 0) is 14.3 Å². The standard InChI is InChI=1S/C14H26N2O3/c1-4-19-12(2)11-15(3)13(17)14(18)16-9-7-5-6-8-10-16/h12H,4-11H2,1-3H3. The summed E-state index contributed by atoms with van der Waals surface area (Å²) in [5.41, 5.74) is 0. The summed E-state index contributed by atoms with van der Waals surface area (Å²) in [6.07, 6.45) is 4.25. The van der Waals surface area contributed by atoms with Gasteiger partial charge in [0, 0.05) is 33.3 Å². The number of rotatable bonds is 4. The van der Waals surface area contributed by atoms with E-state index in [1.807, 2.05) is 13.8 Å². The number of likely N-dealkylation sites (tertiary alicyclic amines) is 1. The molecule has 1 rings (SSSR count). The van der Waals surface area contributed by atoms with Crippen molar-refractivity contribution in [2.75, 3.05) is 33.3 Å². The Morgan fingerprint density at radius 3 is 2.32 bits per heavy atom. The second-order valence-electron chi connectivity index (χ2n) is 5.16. The highest BCUT2D eigenvalue weighted by Gasteiger charge is 2.26. The van der Waals surface area contributed by atoms with Crippen molar-refractivity contribution in [2.24, 2.45) is 0 Å². The molecule has 5 heteroatoms. The minimum atomic E-state index is -0.423. The third kappa shape index (κ3) is 5.19. The molecule has 1 unspecified atom stereocenters. The van der Waals surface area contributed by atoms with Crippen molar-refractivity contribution in [3.05, 3.63) is 0 Å². The molecule has 0 aliphatic carbocycles.